The Labute approximate surface area is 147 Å². The Hall–Kier alpha value is -0.840. The van der Waals surface area contributed by atoms with E-state index in [-0.39, 0.29) is 26.4 Å². The van der Waals surface area contributed by atoms with E-state index in [1.165, 1.54) is 0 Å². The van der Waals surface area contributed by atoms with Crippen LogP contribution in [0.1, 0.15) is 6.92 Å². The minimum absolute atomic E-state index is 0.0734. The number of carbonyl (C=O) groups is 1. The van der Waals surface area contributed by atoms with Gasteiger partial charge in [-0.05, 0) is 6.92 Å². The molecule has 25 heavy (non-hydrogen) atoms. The Morgan fingerprint density at radius 1 is 0.800 bits per heavy atom. The zero-order valence-corrected chi connectivity index (χ0v) is 15.3. The molecule has 0 fully saturated rings. The number of hydrogen-bond acceptors (Lipinski definition) is 8. The number of phosphoric ester groups is 1. The lowest BCUT2D eigenvalue weighted by atomic mass is 10.4. The number of rotatable bonds is 17. The smallest absolute Gasteiger partial charge is 0.460 e. The Kier molecular flexibility index (Phi) is 14.9. The van der Waals surface area contributed by atoms with Crippen molar-refractivity contribution in [3.05, 3.63) is 12.2 Å². The van der Waals surface area contributed by atoms with Crippen LogP contribution in [-0.4, -0.2) is 81.8 Å². The molecule has 11 heteroatoms. The van der Waals surface area contributed by atoms with E-state index in [4.69, 9.17) is 33.5 Å². The molecule has 148 valence electrons. The first-order valence-corrected chi connectivity index (χ1v) is 9.19. The van der Waals surface area contributed by atoms with Gasteiger partial charge in [0.25, 0.3) is 0 Å². The second kappa shape index (κ2) is 15.4. The molecule has 0 aromatic carbocycles. The number of esters is 1. The summed E-state index contributed by atoms with van der Waals surface area (Å²) in [4.78, 5) is 27.9. The first-order valence-electron chi connectivity index (χ1n) is 7.66. The summed E-state index contributed by atoms with van der Waals surface area (Å²) in [6.45, 7) is 7.59. The lowest BCUT2D eigenvalue weighted by Gasteiger charge is -2.08. The standard InChI is InChI=1S/C14H27O10P/c1-13(2)14(15)23-11-9-21-7-5-19-3-4-20-6-8-22-10-12-24-25(16,17)18/h1,3-12H2,2H3,(H2,16,17,18). The highest BCUT2D eigenvalue weighted by atomic mass is 31.2. The fraction of sp³-hybridized carbons (Fsp3) is 0.786. The van der Waals surface area contributed by atoms with E-state index in [0.717, 1.165) is 0 Å². The Morgan fingerprint density at radius 2 is 1.16 bits per heavy atom. The van der Waals surface area contributed by atoms with E-state index in [1.54, 1.807) is 6.92 Å². The summed E-state index contributed by atoms with van der Waals surface area (Å²) < 4.78 is 40.2. The average molecular weight is 386 g/mol. The van der Waals surface area contributed by atoms with Crippen molar-refractivity contribution in [2.75, 3.05) is 66.1 Å². The Bertz CT molecular complexity index is 408. The minimum Gasteiger partial charge on any atom is -0.460 e. The van der Waals surface area contributed by atoms with Crippen LogP contribution < -0.4 is 0 Å². The van der Waals surface area contributed by atoms with Crippen LogP contribution in [0.15, 0.2) is 12.2 Å². The summed E-state index contributed by atoms with van der Waals surface area (Å²) in [6, 6.07) is 0. The van der Waals surface area contributed by atoms with Gasteiger partial charge < -0.3 is 33.5 Å². The van der Waals surface area contributed by atoms with Gasteiger partial charge in [0.2, 0.25) is 0 Å². The van der Waals surface area contributed by atoms with Crippen molar-refractivity contribution in [2.24, 2.45) is 0 Å². The topological polar surface area (TPSA) is 130 Å². The highest BCUT2D eigenvalue weighted by Gasteiger charge is 2.12. The van der Waals surface area contributed by atoms with Crippen LogP contribution in [0.5, 0.6) is 0 Å². The molecule has 0 aliphatic carbocycles. The molecule has 0 rings (SSSR count). The zero-order valence-electron chi connectivity index (χ0n) is 14.4. The monoisotopic (exact) mass is 386 g/mol. The minimum atomic E-state index is -4.42. The fourth-order valence-corrected chi connectivity index (χ4v) is 1.61. The molecule has 0 aliphatic rings. The summed E-state index contributed by atoms with van der Waals surface area (Å²) in [6.07, 6.45) is 0. The summed E-state index contributed by atoms with van der Waals surface area (Å²) in [5, 5.41) is 0. The molecule has 0 atom stereocenters. The summed E-state index contributed by atoms with van der Waals surface area (Å²) in [5.74, 6) is -0.435. The molecule has 0 unspecified atom stereocenters. The second-order valence-corrected chi connectivity index (χ2v) is 5.93. The number of phosphoric acid groups is 1. The predicted molar refractivity (Wildman–Crippen MR) is 87.0 cm³/mol. The van der Waals surface area contributed by atoms with Gasteiger partial charge >= 0.3 is 13.8 Å². The third-order valence-electron chi connectivity index (χ3n) is 2.41. The molecule has 0 aromatic rings. The Morgan fingerprint density at radius 3 is 1.52 bits per heavy atom. The van der Waals surface area contributed by atoms with E-state index >= 15 is 0 Å². The van der Waals surface area contributed by atoms with E-state index in [9.17, 15) is 9.36 Å². The molecule has 0 aromatic heterocycles. The van der Waals surface area contributed by atoms with Crippen molar-refractivity contribution in [1.82, 2.24) is 0 Å². The molecule has 0 saturated heterocycles. The van der Waals surface area contributed by atoms with Crippen molar-refractivity contribution >= 4 is 13.8 Å². The molecule has 0 spiro atoms. The molecule has 0 amide bonds. The van der Waals surface area contributed by atoms with Crippen LogP contribution in [0.2, 0.25) is 0 Å². The van der Waals surface area contributed by atoms with Gasteiger partial charge in [0.1, 0.15) is 6.61 Å². The van der Waals surface area contributed by atoms with Gasteiger partial charge in [-0.2, -0.15) is 0 Å². The lowest BCUT2D eigenvalue weighted by Crippen LogP contribution is -2.15. The molecule has 0 radical (unpaired) electrons. The number of hydrogen-bond donors (Lipinski definition) is 2. The second-order valence-electron chi connectivity index (χ2n) is 4.69. The van der Waals surface area contributed by atoms with Gasteiger partial charge in [0, 0.05) is 5.57 Å². The summed E-state index contributed by atoms with van der Waals surface area (Å²) >= 11 is 0. The quantitative estimate of drug-likeness (QED) is 0.156. The zero-order chi connectivity index (χ0) is 19.0. The van der Waals surface area contributed by atoms with Gasteiger partial charge in [-0.1, -0.05) is 6.58 Å². The largest absolute Gasteiger partial charge is 0.469 e. The van der Waals surface area contributed by atoms with Gasteiger partial charge in [0.05, 0.1) is 59.5 Å². The molecule has 2 N–H and O–H groups in total. The van der Waals surface area contributed by atoms with Crippen molar-refractivity contribution in [2.45, 2.75) is 6.92 Å². The van der Waals surface area contributed by atoms with Crippen LogP contribution in [0.3, 0.4) is 0 Å². The maximum atomic E-state index is 11.1. The van der Waals surface area contributed by atoms with Crippen molar-refractivity contribution in [1.29, 1.82) is 0 Å². The maximum Gasteiger partial charge on any atom is 0.469 e. The molecule has 0 saturated carbocycles. The van der Waals surface area contributed by atoms with E-state index in [0.29, 0.717) is 45.2 Å². The molecule has 0 bridgehead atoms. The molecular formula is C14H27O10P. The highest BCUT2D eigenvalue weighted by molar-refractivity contribution is 7.46. The van der Waals surface area contributed by atoms with Gasteiger partial charge in [-0.3, -0.25) is 4.52 Å². The molecule has 0 heterocycles. The normalized spacial score (nSPS) is 11.5. The lowest BCUT2D eigenvalue weighted by molar-refractivity contribution is -0.140. The van der Waals surface area contributed by atoms with Crippen LogP contribution in [-0.2, 0) is 37.6 Å². The van der Waals surface area contributed by atoms with Crippen LogP contribution in [0, 0.1) is 0 Å². The van der Waals surface area contributed by atoms with Crippen LogP contribution in [0.25, 0.3) is 0 Å². The summed E-state index contributed by atoms with van der Waals surface area (Å²) in [5.41, 5.74) is 0.350. The third kappa shape index (κ3) is 19.3. The summed E-state index contributed by atoms with van der Waals surface area (Å²) in [7, 11) is -4.42. The van der Waals surface area contributed by atoms with Gasteiger partial charge in [0.15, 0.2) is 0 Å². The van der Waals surface area contributed by atoms with E-state index < -0.39 is 13.8 Å². The third-order valence-corrected chi connectivity index (χ3v) is 2.93. The van der Waals surface area contributed by atoms with Gasteiger partial charge in [-0.25, -0.2) is 9.36 Å². The number of ether oxygens (including phenoxy) is 5. The molecular weight excluding hydrogens is 359 g/mol. The molecule has 10 nitrogen and oxygen atoms in total. The first-order chi connectivity index (χ1) is 11.8. The van der Waals surface area contributed by atoms with E-state index in [2.05, 4.69) is 11.1 Å². The SMILES string of the molecule is C=C(C)C(=O)OCCOCCOCCOCCOCCOP(=O)(O)O. The Balaban J connectivity index is 3.13. The van der Waals surface area contributed by atoms with Crippen molar-refractivity contribution in [3.63, 3.8) is 0 Å². The predicted octanol–water partition coefficient (Wildman–Crippen LogP) is 0.281. The molecule has 0 aliphatic heterocycles. The van der Waals surface area contributed by atoms with Crippen molar-refractivity contribution in [3.8, 4) is 0 Å². The van der Waals surface area contributed by atoms with Crippen LogP contribution in [0.4, 0.5) is 0 Å². The van der Waals surface area contributed by atoms with Crippen molar-refractivity contribution < 1.29 is 47.4 Å². The van der Waals surface area contributed by atoms with E-state index in [1.807, 2.05) is 0 Å². The fourth-order valence-electron chi connectivity index (χ4n) is 1.29. The average Bonchev–Trinajstić information content (AvgIpc) is 2.53. The highest BCUT2D eigenvalue weighted by Crippen LogP contribution is 2.35. The first kappa shape index (κ1) is 24.2. The van der Waals surface area contributed by atoms with Gasteiger partial charge in [-0.15, -0.1) is 0 Å². The number of carbonyl (C=O) groups excluding carboxylic acids is 1. The van der Waals surface area contributed by atoms with Crippen LogP contribution >= 0.6 is 7.82 Å². The maximum absolute atomic E-state index is 11.1.